The summed E-state index contributed by atoms with van der Waals surface area (Å²) >= 11 is 0. The Bertz CT molecular complexity index is 518. The van der Waals surface area contributed by atoms with Crippen LogP contribution in [-0.4, -0.2) is 19.7 Å². The van der Waals surface area contributed by atoms with Gasteiger partial charge in [0.1, 0.15) is 11.4 Å². The van der Waals surface area contributed by atoms with E-state index < -0.39 is 0 Å². The lowest BCUT2D eigenvalue weighted by molar-refractivity contribution is 0.431. The fourth-order valence-corrected chi connectivity index (χ4v) is 1.32. The Hall–Kier alpha value is -1.91. The molecule has 2 rings (SSSR count). The van der Waals surface area contributed by atoms with Crippen molar-refractivity contribution in [2.45, 2.75) is 6.92 Å². The van der Waals surface area contributed by atoms with Crippen molar-refractivity contribution in [3.8, 4) is 11.4 Å². The van der Waals surface area contributed by atoms with E-state index in [1.807, 2.05) is 0 Å². The lowest BCUT2D eigenvalue weighted by Crippen LogP contribution is -2.40. The Kier molecular flexibility index (Phi) is 1.73. The average molecular weight is 193 g/mol. The zero-order chi connectivity index (χ0) is 10.3. The number of aromatic amines is 1. The van der Waals surface area contributed by atoms with Gasteiger partial charge in [0.2, 0.25) is 0 Å². The summed E-state index contributed by atoms with van der Waals surface area (Å²) < 4.78 is 2.63. The summed E-state index contributed by atoms with van der Waals surface area (Å²) in [6, 6.07) is 5.25. The number of H-pyrrole nitrogens is 1. The largest absolute Gasteiger partial charge is 0.505 e. The second-order valence-corrected chi connectivity index (χ2v) is 3.22. The molecule has 0 radical (unpaired) electrons. The third-order valence-corrected chi connectivity index (χ3v) is 2.19. The standard InChI is InChI=1S/C9H11N3O2/c1-6-4-3-5-7(8(6)13)12-9(14)11(2)10-12/h3-5,10,13H,1-2H3. The first-order chi connectivity index (χ1) is 6.61. The Morgan fingerprint density at radius 1 is 1.43 bits per heavy atom. The first-order valence-corrected chi connectivity index (χ1v) is 4.24. The van der Waals surface area contributed by atoms with Crippen molar-refractivity contribution in [3.05, 3.63) is 34.2 Å². The molecule has 74 valence electrons. The summed E-state index contributed by atoms with van der Waals surface area (Å²) in [5.74, 6) is 0.126. The molecule has 0 atom stereocenters. The third kappa shape index (κ3) is 1.06. The quantitative estimate of drug-likeness (QED) is 0.693. The van der Waals surface area contributed by atoms with Crippen molar-refractivity contribution in [2.24, 2.45) is 7.05 Å². The number of rotatable bonds is 1. The first kappa shape index (κ1) is 8.68. The van der Waals surface area contributed by atoms with Crippen molar-refractivity contribution in [2.75, 3.05) is 0 Å². The lowest BCUT2D eigenvalue weighted by atomic mass is 10.2. The second kappa shape index (κ2) is 2.80. The van der Waals surface area contributed by atoms with Crippen LogP contribution < -0.4 is 5.69 Å². The van der Waals surface area contributed by atoms with E-state index in [-0.39, 0.29) is 11.4 Å². The first-order valence-electron chi connectivity index (χ1n) is 4.24. The van der Waals surface area contributed by atoms with Crippen LogP contribution in [0.15, 0.2) is 23.0 Å². The Balaban J connectivity index is 2.60. The highest BCUT2D eigenvalue weighted by Gasteiger charge is 2.11. The molecule has 5 nitrogen and oxygen atoms in total. The summed E-state index contributed by atoms with van der Waals surface area (Å²) in [5.41, 5.74) is 1.03. The summed E-state index contributed by atoms with van der Waals surface area (Å²) in [4.78, 5) is 11.3. The fourth-order valence-electron chi connectivity index (χ4n) is 1.32. The number of aromatic nitrogens is 3. The van der Waals surface area contributed by atoms with Gasteiger partial charge in [0, 0.05) is 7.05 Å². The van der Waals surface area contributed by atoms with Gasteiger partial charge in [0.05, 0.1) is 0 Å². The topological polar surface area (TPSA) is 63.0 Å². The summed E-state index contributed by atoms with van der Waals surface area (Å²) in [5, 5.41) is 12.4. The SMILES string of the molecule is Cc1cccc(-n2[nH]n(C)c2=O)c1O. The molecule has 14 heavy (non-hydrogen) atoms. The molecule has 0 saturated carbocycles. The minimum Gasteiger partial charge on any atom is -0.505 e. The van der Waals surface area contributed by atoms with Crippen LogP contribution in [-0.2, 0) is 7.05 Å². The van der Waals surface area contributed by atoms with Gasteiger partial charge in [0.25, 0.3) is 0 Å². The Morgan fingerprint density at radius 3 is 2.71 bits per heavy atom. The second-order valence-electron chi connectivity index (χ2n) is 3.22. The van der Waals surface area contributed by atoms with Crippen LogP contribution >= 0.6 is 0 Å². The zero-order valence-corrected chi connectivity index (χ0v) is 7.98. The van der Waals surface area contributed by atoms with Crippen LogP contribution in [0.3, 0.4) is 0 Å². The normalized spacial score (nSPS) is 10.7. The van der Waals surface area contributed by atoms with Crippen molar-refractivity contribution in [1.29, 1.82) is 0 Å². The van der Waals surface area contributed by atoms with E-state index in [9.17, 15) is 9.90 Å². The molecule has 1 aromatic carbocycles. The number of hydrogen-bond donors (Lipinski definition) is 2. The molecular weight excluding hydrogens is 182 g/mol. The van der Waals surface area contributed by atoms with E-state index in [2.05, 4.69) is 5.21 Å². The van der Waals surface area contributed by atoms with E-state index in [0.29, 0.717) is 5.69 Å². The van der Waals surface area contributed by atoms with E-state index in [0.717, 1.165) is 5.56 Å². The van der Waals surface area contributed by atoms with Gasteiger partial charge < -0.3 is 5.11 Å². The van der Waals surface area contributed by atoms with Crippen LogP contribution in [0.4, 0.5) is 0 Å². The molecule has 0 amide bonds. The van der Waals surface area contributed by atoms with Gasteiger partial charge >= 0.3 is 5.69 Å². The molecule has 0 aliphatic carbocycles. The summed E-state index contributed by atoms with van der Waals surface area (Å²) in [6.07, 6.45) is 0. The summed E-state index contributed by atoms with van der Waals surface area (Å²) in [6.45, 7) is 1.78. The molecule has 1 heterocycles. The van der Waals surface area contributed by atoms with E-state index >= 15 is 0 Å². The van der Waals surface area contributed by atoms with Crippen LogP contribution in [0.2, 0.25) is 0 Å². The summed E-state index contributed by atoms with van der Waals surface area (Å²) in [7, 11) is 1.62. The Morgan fingerprint density at radius 2 is 2.14 bits per heavy atom. The highest BCUT2D eigenvalue weighted by atomic mass is 16.3. The molecule has 0 spiro atoms. The van der Waals surface area contributed by atoms with Crippen LogP contribution in [0.1, 0.15) is 5.56 Å². The number of para-hydroxylation sites is 1. The fraction of sp³-hybridized carbons (Fsp3) is 0.222. The smallest absolute Gasteiger partial charge is 0.364 e. The third-order valence-electron chi connectivity index (χ3n) is 2.19. The number of hydrogen-bond acceptors (Lipinski definition) is 2. The molecule has 0 aliphatic rings. The predicted molar refractivity (Wildman–Crippen MR) is 51.8 cm³/mol. The monoisotopic (exact) mass is 193 g/mol. The molecule has 0 bridgehead atoms. The molecule has 5 heteroatoms. The van der Waals surface area contributed by atoms with Crippen molar-refractivity contribution in [1.82, 2.24) is 14.6 Å². The highest BCUT2D eigenvalue weighted by molar-refractivity contribution is 5.49. The Labute approximate surface area is 80.2 Å². The number of aromatic hydroxyl groups is 1. The number of phenolic OH excluding ortho intramolecular Hbond substituents is 1. The maximum Gasteiger partial charge on any atom is 0.364 e. The van der Waals surface area contributed by atoms with Crippen molar-refractivity contribution >= 4 is 0 Å². The van der Waals surface area contributed by atoms with E-state index in [1.165, 1.54) is 9.36 Å². The molecule has 0 fully saturated rings. The number of nitrogens with one attached hydrogen (secondary N) is 1. The highest BCUT2D eigenvalue weighted by Crippen LogP contribution is 2.23. The van der Waals surface area contributed by atoms with Gasteiger partial charge in [-0.2, -0.15) is 4.68 Å². The van der Waals surface area contributed by atoms with Crippen molar-refractivity contribution in [3.63, 3.8) is 0 Å². The van der Waals surface area contributed by atoms with Gasteiger partial charge in [-0.25, -0.2) is 14.7 Å². The predicted octanol–water partition coefficient (Wildman–Crippen LogP) is 0.518. The minimum atomic E-state index is -0.189. The number of nitrogens with zero attached hydrogens (tertiary/aromatic N) is 2. The molecule has 1 aromatic heterocycles. The van der Waals surface area contributed by atoms with Gasteiger partial charge in [-0.3, -0.25) is 0 Å². The molecule has 0 saturated heterocycles. The molecule has 2 N–H and O–H groups in total. The molecule has 0 unspecified atom stereocenters. The van der Waals surface area contributed by atoms with Crippen LogP contribution in [0.25, 0.3) is 5.69 Å². The zero-order valence-electron chi connectivity index (χ0n) is 7.98. The molecular formula is C9H11N3O2. The lowest BCUT2D eigenvalue weighted by Gasteiger charge is -2.15. The van der Waals surface area contributed by atoms with Crippen LogP contribution in [0.5, 0.6) is 5.75 Å². The minimum absolute atomic E-state index is 0.126. The van der Waals surface area contributed by atoms with E-state index in [1.54, 1.807) is 32.2 Å². The van der Waals surface area contributed by atoms with E-state index in [4.69, 9.17) is 0 Å². The average Bonchev–Trinajstić information content (AvgIpc) is 2.19. The maximum absolute atomic E-state index is 11.3. The maximum atomic E-state index is 11.3. The van der Waals surface area contributed by atoms with Gasteiger partial charge in [-0.1, -0.05) is 12.1 Å². The molecule has 2 aromatic rings. The van der Waals surface area contributed by atoms with Crippen molar-refractivity contribution < 1.29 is 5.11 Å². The van der Waals surface area contributed by atoms with Crippen LogP contribution in [0, 0.1) is 6.92 Å². The number of aryl methyl sites for hydroxylation is 2. The number of phenols is 1. The van der Waals surface area contributed by atoms with Gasteiger partial charge in [0.15, 0.2) is 0 Å². The van der Waals surface area contributed by atoms with Gasteiger partial charge in [-0.05, 0) is 18.6 Å². The molecule has 0 aliphatic heterocycles. The number of benzene rings is 1. The van der Waals surface area contributed by atoms with Gasteiger partial charge in [-0.15, -0.1) is 0 Å².